The number of nitriles is 1. The molecule has 1 amide bonds. The van der Waals surface area contributed by atoms with E-state index in [0.717, 1.165) is 45.4 Å². The Hall–Kier alpha value is -3.58. The van der Waals surface area contributed by atoms with Gasteiger partial charge in [-0.1, -0.05) is 18.5 Å². The fourth-order valence-electron chi connectivity index (χ4n) is 5.32. The van der Waals surface area contributed by atoms with Gasteiger partial charge >= 0.3 is 0 Å². The fraction of sp³-hybridized carbons (Fsp3) is 0.485. The van der Waals surface area contributed by atoms with Crippen LogP contribution < -0.4 is 20.1 Å². The second-order valence-corrected chi connectivity index (χ2v) is 11.7. The summed E-state index contributed by atoms with van der Waals surface area (Å²) in [4.78, 5) is 21.8. The van der Waals surface area contributed by atoms with Crippen molar-refractivity contribution in [3.63, 3.8) is 0 Å². The van der Waals surface area contributed by atoms with Crippen molar-refractivity contribution in [1.82, 2.24) is 14.8 Å². The largest absolute Gasteiger partial charge is 0.492 e. The van der Waals surface area contributed by atoms with E-state index in [4.69, 9.17) is 21.1 Å². The number of nitrogens with zero attached hydrogens (tertiary/aromatic N) is 4. The van der Waals surface area contributed by atoms with Crippen molar-refractivity contribution in [3.8, 4) is 17.6 Å². The molecule has 0 saturated carbocycles. The molecule has 0 aliphatic carbocycles. The molecule has 43 heavy (non-hydrogen) atoms. The Morgan fingerprint density at radius 1 is 1.16 bits per heavy atom. The van der Waals surface area contributed by atoms with Crippen LogP contribution in [0.2, 0.25) is 5.02 Å². The van der Waals surface area contributed by atoms with Crippen LogP contribution in [0.4, 0.5) is 17.1 Å². The average molecular weight is 607 g/mol. The highest BCUT2D eigenvalue weighted by Gasteiger charge is 2.20. The number of piperidine rings is 1. The third-order valence-corrected chi connectivity index (χ3v) is 7.89. The summed E-state index contributed by atoms with van der Waals surface area (Å²) >= 11 is 6.65. The molecule has 9 nitrogen and oxygen atoms in total. The van der Waals surface area contributed by atoms with Crippen molar-refractivity contribution < 1.29 is 14.3 Å². The lowest BCUT2D eigenvalue weighted by Crippen LogP contribution is -2.35. The van der Waals surface area contributed by atoms with Crippen LogP contribution in [0, 0.1) is 17.2 Å². The van der Waals surface area contributed by atoms with E-state index in [1.807, 2.05) is 44.1 Å². The van der Waals surface area contributed by atoms with Gasteiger partial charge in [0.2, 0.25) is 5.91 Å². The zero-order valence-electron chi connectivity index (χ0n) is 25.7. The number of hydrogen-bond donors (Lipinski definition) is 2. The van der Waals surface area contributed by atoms with Gasteiger partial charge in [0.05, 0.1) is 40.7 Å². The number of carbonyl (C=O) groups excluding carboxylic acids is 1. The maximum Gasteiger partial charge on any atom is 0.224 e. The van der Waals surface area contributed by atoms with Crippen LogP contribution in [0.25, 0.3) is 10.9 Å². The predicted molar refractivity (Wildman–Crippen MR) is 174 cm³/mol. The van der Waals surface area contributed by atoms with Crippen LogP contribution >= 0.6 is 11.6 Å². The van der Waals surface area contributed by atoms with Gasteiger partial charge in [-0.2, -0.15) is 5.26 Å². The molecule has 1 saturated heterocycles. The number of carbonyl (C=O) groups is 1. The first-order valence-electron chi connectivity index (χ1n) is 15.2. The second-order valence-electron chi connectivity index (χ2n) is 11.3. The van der Waals surface area contributed by atoms with E-state index in [1.165, 1.54) is 12.6 Å². The minimum Gasteiger partial charge on any atom is -0.492 e. The molecular weight excluding hydrogens is 564 g/mol. The van der Waals surface area contributed by atoms with Crippen molar-refractivity contribution in [2.45, 2.75) is 46.0 Å². The molecule has 1 fully saturated rings. The molecule has 2 aromatic carbocycles. The van der Waals surface area contributed by atoms with E-state index in [-0.39, 0.29) is 5.91 Å². The maximum absolute atomic E-state index is 12.8. The number of nitrogens with one attached hydrogen (secondary N) is 2. The number of likely N-dealkylation sites (tertiary alicyclic amines) is 1. The normalized spacial score (nSPS) is 14.1. The summed E-state index contributed by atoms with van der Waals surface area (Å²) in [6.45, 7) is 9.40. The van der Waals surface area contributed by atoms with Crippen molar-refractivity contribution in [3.05, 3.63) is 47.1 Å². The van der Waals surface area contributed by atoms with E-state index in [9.17, 15) is 10.1 Å². The Morgan fingerprint density at radius 2 is 1.95 bits per heavy atom. The highest BCUT2D eigenvalue weighted by Crippen LogP contribution is 2.37. The number of halogens is 1. The van der Waals surface area contributed by atoms with Crippen LogP contribution in [0.5, 0.6) is 11.5 Å². The van der Waals surface area contributed by atoms with Gasteiger partial charge in [-0.25, -0.2) is 0 Å². The van der Waals surface area contributed by atoms with Crippen LogP contribution in [-0.4, -0.2) is 74.2 Å². The number of hydrogen-bond acceptors (Lipinski definition) is 8. The number of ether oxygens (including phenoxy) is 2. The Balaban J connectivity index is 1.52. The van der Waals surface area contributed by atoms with Gasteiger partial charge < -0.3 is 29.9 Å². The first kappa shape index (κ1) is 32.3. The van der Waals surface area contributed by atoms with Crippen molar-refractivity contribution in [1.29, 1.82) is 5.26 Å². The molecule has 10 heteroatoms. The Morgan fingerprint density at radius 3 is 2.63 bits per heavy atom. The molecule has 0 atom stereocenters. The van der Waals surface area contributed by atoms with Crippen LogP contribution in [0.1, 0.15) is 51.5 Å². The molecule has 0 bridgehead atoms. The molecule has 0 unspecified atom stereocenters. The van der Waals surface area contributed by atoms with Gasteiger partial charge in [0.15, 0.2) is 0 Å². The Bertz CT molecular complexity index is 1430. The maximum atomic E-state index is 12.8. The molecule has 1 aliphatic rings. The molecule has 1 aliphatic heterocycles. The van der Waals surface area contributed by atoms with Crippen molar-refractivity contribution in [2.24, 2.45) is 5.92 Å². The molecule has 1 aromatic heterocycles. The summed E-state index contributed by atoms with van der Waals surface area (Å²) < 4.78 is 12.0. The van der Waals surface area contributed by atoms with E-state index in [1.54, 1.807) is 12.1 Å². The van der Waals surface area contributed by atoms with E-state index in [0.29, 0.717) is 75.6 Å². The zero-order chi connectivity index (χ0) is 30.8. The summed E-state index contributed by atoms with van der Waals surface area (Å²) in [7, 11) is 3.96. The third-order valence-electron chi connectivity index (χ3n) is 7.60. The summed E-state index contributed by atoms with van der Waals surface area (Å²) in [5.74, 6) is 1.59. The van der Waals surface area contributed by atoms with Gasteiger partial charge in [0.25, 0.3) is 0 Å². The standard InChI is InChI=1S/C33H43ClN6O3/c1-5-13-40-15-11-23(12-16-40)22-43-30-10-9-25(17-27(30)34)37-33-24(20-35)21-36-28-19-31(42-6-2)29(18-26(28)33)38-32(41)8-7-14-39(3)4/h9-10,17-19,21,23H,5-8,11-16,22H2,1-4H3,(H,36,37)(H,38,41). The highest BCUT2D eigenvalue weighted by atomic mass is 35.5. The van der Waals surface area contributed by atoms with Gasteiger partial charge in [-0.05, 0) is 103 Å². The summed E-state index contributed by atoms with van der Waals surface area (Å²) in [6.07, 6.45) is 6.10. The number of fused-ring (bicyclic) bond motifs is 1. The Kier molecular flexibility index (Phi) is 11.9. The highest BCUT2D eigenvalue weighted by molar-refractivity contribution is 6.32. The monoisotopic (exact) mass is 606 g/mol. The SMILES string of the molecule is CCCN1CCC(COc2ccc(Nc3c(C#N)cnc4cc(OCC)c(NC(=O)CCCN(C)C)cc34)cc2Cl)CC1. The number of pyridine rings is 1. The number of aromatic nitrogens is 1. The molecule has 2 heterocycles. The van der Waals surface area contributed by atoms with Crippen molar-refractivity contribution >= 4 is 45.5 Å². The lowest BCUT2D eigenvalue weighted by atomic mass is 9.98. The third kappa shape index (κ3) is 8.96. The summed E-state index contributed by atoms with van der Waals surface area (Å²) in [6, 6.07) is 11.4. The zero-order valence-corrected chi connectivity index (χ0v) is 26.5. The van der Waals surface area contributed by atoms with Gasteiger partial charge in [0, 0.05) is 29.8 Å². The smallest absolute Gasteiger partial charge is 0.224 e. The number of amides is 1. The van der Waals surface area contributed by atoms with Gasteiger partial charge in [-0.3, -0.25) is 9.78 Å². The molecular formula is C33H43ClN6O3. The molecule has 2 N–H and O–H groups in total. The van der Waals surface area contributed by atoms with E-state index in [2.05, 4.69) is 33.5 Å². The van der Waals surface area contributed by atoms with Crippen LogP contribution in [0.15, 0.2) is 36.5 Å². The average Bonchev–Trinajstić information content (AvgIpc) is 2.98. The molecule has 3 aromatic rings. The van der Waals surface area contributed by atoms with Gasteiger partial charge in [0.1, 0.15) is 17.6 Å². The van der Waals surface area contributed by atoms with E-state index < -0.39 is 0 Å². The van der Waals surface area contributed by atoms with E-state index >= 15 is 0 Å². The minimum absolute atomic E-state index is 0.102. The predicted octanol–water partition coefficient (Wildman–Crippen LogP) is 6.68. The molecule has 0 radical (unpaired) electrons. The number of rotatable bonds is 14. The summed E-state index contributed by atoms with van der Waals surface area (Å²) in [5.41, 5.74) is 2.81. The first-order chi connectivity index (χ1) is 20.8. The quantitative estimate of drug-likeness (QED) is 0.209. The Labute approximate surface area is 260 Å². The van der Waals surface area contributed by atoms with Gasteiger partial charge in [-0.15, -0.1) is 0 Å². The summed E-state index contributed by atoms with van der Waals surface area (Å²) in [5, 5.41) is 17.4. The molecule has 230 valence electrons. The molecule has 4 rings (SSSR count). The number of benzene rings is 2. The van der Waals surface area contributed by atoms with Crippen molar-refractivity contribution in [2.75, 3.05) is 64.1 Å². The minimum atomic E-state index is -0.102. The van der Waals surface area contributed by atoms with Crippen LogP contribution in [0.3, 0.4) is 0 Å². The molecule has 0 spiro atoms. The second kappa shape index (κ2) is 15.8. The fourth-order valence-corrected chi connectivity index (χ4v) is 5.56. The number of anilines is 3. The lowest BCUT2D eigenvalue weighted by molar-refractivity contribution is -0.116. The lowest BCUT2D eigenvalue weighted by Gasteiger charge is -2.31. The first-order valence-corrected chi connectivity index (χ1v) is 15.5. The topological polar surface area (TPSA) is 103 Å². The van der Waals surface area contributed by atoms with Crippen LogP contribution in [-0.2, 0) is 4.79 Å².